The minimum absolute atomic E-state index is 0.587. The Hall–Kier alpha value is -2.12. The van der Waals surface area contributed by atoms with Crippen LogP contribution >= 0.6 is 11.3 Å². The molecule has 0 N–H and O–H groups in total. The molecule has 142 valence electrons. The Kier molecular flexibility index (Phi) is 5.06. The molecule has 1 aliphatic heterocycles. The Bertz CT molecular complexity index is 897. The third-order valence-electron chi connectivity index (χ3n) is 5.05. The molecule has 0 atom stereocenters. The molecule has 3 nitrogen and oxygen atoms in total. The summed E-state index contributed by atoms with van der Waals surface area (Å²) in [4.78, 5) is 9.24. The Morgan fingerprint density at radius 1 is 0.963 bits per heavy atom. The van der Waals surface area contributed by atoms with Crippen molar-refractivity contribution in [2.45, 2.75) is 12.6 Å². The number of thiazole rings is 1. The van der Waals surface area contributed by atoms with Crippen molar-refractivity contribution < 1.29 is 13.2 Å². The highest BCUT2D eigenvalue weighted by Gasteiger charge is 2.29. The lowest BCUT2D eigenvalue weighted by Crippen LogP contribution is -2.47. The second-order valence-electron chi connectivity index (χ2n) is 6.75. The maximum atomic E-state index is 12.6. The average Bonchev–Trinajstić information content (AvgIpc) is 3.15. The number of anilines is 1. The molecule has 2 heterocycles. The molecule has 1 saturated heterocycles. The molecule has 3 aromatic rings. The molecule has 2 aromatic carbocycles. The monoisotopic (exact) mass is 391 g/mol. The van der Waals surface area contributed by atoms with Crippen LogP contribution < -0.4 is 4.90 Å². The van der Waals surface area contributed by atoms with Crippen LogP contribution in [0, 0.1) is 0 Å². The van der Waals surface area contributed by atoms with E-state index in [2.05, 4.69) is 33.0 Å². The van der Waals surface area contributed by atoms with E-state index in [9.17, 15) is 13.2 Å². The minimum Gasteiger partial charge on any atom is -0.367 e. The number of nitrogens with zero attached hydrogens (tertiary/aromatic N) is 3. The maximum Gasteiger partial charge on any atom is 0.416 e. The normalized spacial score (nSPS) is 16.2. The molecule has 1 aliphatic rings. The number of aromatic nitrogens is 1. The van der Waals surface area contributed by atoms with E-state index in [1.807, 2.05) is 5.51 Å². The van der Waals surface area contributed by atoms with E-state index >= 15 is 0 Å². The summed E-state index contributed by atoms with van der Waals surface area (Å²) in [5, 5.41) is 0. The summed E-state index contributed by atoms with van der Waals surface area (Å²) in [6.45, 7) is 4.62. The Morgan fingerprint density at radius 2 is 1.70 bits per heavy atom. The van der Waals surface area contributed by atoms with Crippen molar-refractivity contribution in [2.24, 2.45) is 0 Å². The summed E-state index contributed by atoms with van der Waals surface area (Å²) in [5.74, 6) is 0. The number of halogens is 3. The van der Waals surface area contributed by atoms with Gasteiger partial charge in [0.2, 0.25) is 0 Å². The zero-order valence-electron chi connectivity index (χ0n) is 14.7. The van der Waals surface area contributed by atoms with Gasteiger partial charge in [0.05, 0.1) is 21.5 Å². The van der Waals surface area contributed by atoms with Crippen molar-refractivity contribution in [3.63, 3.8) is 0 Å². The van der Waals surface area contributed by atoms with Crippen LogP contribution in [0.3, 0.4) is 0 Å². The van der Waals surface area contributed by atoms with Crippen LogP contribution in [0.4, 0.5) is 18.9 Å². The third kappa shape index (κ3) is 4.09. The number of fused-ring (bicyclic) bond motifs is 1. The fraction of sp³-hybridized carbons (Fsp3) is 0.350. The molecule has 0 saturated carbocycles. The largest absolute Gasteiger partial charge is 0.416 e. The van der Waals surface area contributed by atoms with E-state index in [0.29, 0.717) is 0 Å². The van der Waals surface area contributed by atoms with Crippen LogP contribution in [0.2, 0.25) is 0 Å². The highest BCUT2D eigenvalue weighted by Crippen LogP contribution is 2.30. The highest BCUT2D eigenvalue weighted by molar-refractivity contribution is 7.16. The number of rotatable bonds is 4. The Morgan fingerprint density at radius 3 is 2.41 bits per heavy atom. The van der Waals surface area contributed by atoms with Gasteiger partial charge in [-0.15, -0.1) is 11.3 Å². The molecule has 1 fully saturated rings. The molecule has 4 rings (SSSR count). The van der Waals surface area contributed by atoms with Crippen LogP contribution in [0.15, 0.2) is 48.0 Å². The molecule has 0 bridgehead atoms. The first-order chi connectivity index (χ1) is 13.0. The quantitative estimate of drug-likeness (QED) is 0.644. The summed E-state index contributed by atoms with van der Waals surface area (Å²) < 4.78 is 39.1. The smallest absolute Gasteiger partial charge is 0.367 e. The first-order valence-electron chi connectivity index (χ1n) is 8.96. The van der Waals surface area contributed by atoms with Crippen LogP contribution in [0.25, 0.3) is 10.2 Å². The van der Waals surface area contributed by atoms with Crippen molar-refractivity contribution >= 4 is 27.2 Å². The molecular weight excluding hydrogens is 371 g/mol. The lowest BCUT2D eigenvalue weighted by molar-refractivity contribution is -0.137. The summed E-state index contributed by atoms with van der Waals surface area (Å²) in [7, 11) is 0. The molecule has 7 heteroatoms. The molecule has 0 radical (unpaired) electrons. The lowest BCUT2D eigenvalue weighted by atomic mass is 10.1. The van der Waals surface area contributed by atoms with Gasteiger partial charge in [-0.3, -0.25) is 4.90 Å². The predicted molar refractivity (Wildman–Crippen MR) is 103 cm³/mol. The number of benzene rings is 2. The zero-order chi connectivity index (χ0) is 18.9. The third-order valence-corrected chi connectivity index (χ3v) is 5.84. The first kappa shape index (κ1) is 18.3. The van der Waals surface area contributed by atoms with Crippen molar-refractivity contribution in [1.82, 2.24) is 9.88 Å². The van der Waals surface area contributed by atoms with E-state index in [0.717, 1.165) is 50.2 Å². The van der Waals surface area contributed by atoms with Gasteiger partial charge in [0, 0.05) is 32.7 Å². The van der Waals surface area contributed by atoms with E-state index < -0.39 is 11.7 Å². The van der Waals surface area contributed by atoms with Gasteiger partial charge >= 0.3 is 6.18 Å². The van der Waals surface area contributed by atoms with Crippen LogP contribution in [0.5, 0.6) is 0 Å². The number of hydrogen-bond acceptors (Lipinski definition) is 4. The second kappa shape index (κ2) is 7.48. The molecule has 0 unspecified atom stereocenters. The van der Waals surface area contributed by atoms with E-state index in [-0.39, 0.29) is 0 Å². The van der Waals surface area contributed by atoms with Crippen molar-refractivity contribution in [1.29, 1.82) is 0 Å². The van der Waals surface area contributed by atoms with Crippen LogP contribution in [0.1, 0.15) is 11.1 Å². The number of alkyl halides is 3. The summed E-state index contributed by atoms with van der Waals surface area (Å²) in [6, 6.07) is 11.8. The fourth-order valence-electron chi connectivity index (χ4n) is 3.49. The fourth-order valence-corrected chi connectivity index (χ4v) is 4.18. The number of para-hydroxylation sites is 1. The molecule has 27 heavy (non-hydrogen) atoms. The SMILES string of the molecule is FC(F)(F)c1ccc(CCN2CCN(c3cccc4scnc34)CC2)cc1. The summed E-state index contributed by atoms with van der Waals surface area (Å²) in [5.41, 5.74) is 4.50. The molecule has 0 spiro atoms. The maximum absolute atomic E-state index is 12.6. The van der Waals surface area contributed by atoms with E-state index in [1.54, 1.807) is 23.5 Å². The van der Waals surface area contributed by atoms with Crippen LogP contribution in [-0.4, -0.2) is 42.6 Å². The van der Waals surface area contributed by atoms with Crippen molar-refractivity contribution in [2.75, 3.05) is 37.6 Å². The van der Waals surface area contributed by atoms with Gasteiger partial charge in [0.1, 0.15) is 5.52 Å². The first-order valence-corrected chi connectivity index (χ1v) is 9.84. The molecule has 0 amide bonds. The number of piperazine rings is 1. The zero-order valence-corrected chi connectivity index (χ0v) is 15.6. The Balaban J connectivity index is 1.31. The molecule has 1 aromatic heterocycles. The van der Waals surface area contributed by atoms with Gasteiger partial charge in [0.25, 0.3) is 0 Å². The number of hydrogen-bond donors (Lipinski definition) is 0. The van der Waals surface area contributed by atoms with Crippen LogP contribution in [-0.2, 0) is 12.6 Å². The molecular formula is C20H20F3N3S. The van der Waals surface area contributed by atoms with Gasteiger partial charge in [-0.25, -0.2) is 4.98 Å². The second-order valence-corrected chi connectivity index (χ2v) is 7.64. The van der Waals surface area contributed by atoms with Gasteiger partial charge in [-0.05, 0) is 36.2 Å². The van der Waals surface area contributed by atoms with E-state index in [4.69, 9.17) is 0 Å². The van der Waals surface area contributed by atoms with Crippen molar-refractivity contribution in [3.05, 3.63) is 59.1 Å². The van der Waals surface area contributed by atoms with E-state index in [1.165, 1.54) is 22.5 Å². The molecule has 0 aliphatic carbocycles. The van der Waals surface area contributed by atoms with Gasteiger partial charge < -0.3 is 4.90 Å². The van der Waals surface area contributed by atoms with Gasteiger partial charge in [0.15, 0.2) is 0 Å². The topological polar surface area (TPSA) is 19.4 Å². The lowest BCUT2D eigenvalue weighted by Gasteiger charge is -2.36. The van der Waals surface area contributed by atoms with Gasteiger partial charge in [-0.1, -0.05) is 18.2 Å². The summed E-state index contributed by atoms with van der Waals surface area (Å²) >= 11 is 1.66. The van der Waals surface area contributed by atoms with Crippen molar-refractivity contribution in [3.8, 4) is 0 Å². The summed E-state index contributed by atoms with van der Waals surface area (Å²) in [6.07, 6.45) is -3.51. The predicted octanol–water partition coefficient (Wildman–Crippen LogP) is 4.68. The minimum atomic E-state index is -4.27. The highest BCUT2D eigenvalue weighted by atomic mass is 32.1. The standard InChI is InChI=1S/C20H20F3N3S/c21-20(22,23)16-6-4-15(5-7-16)8-9-25-10-12-26(13-11-25)17-2-1-3-18-19(17)24-14-27-18/h1-7,14H,8-13H2. The average molecular weight is 391 g/mol. The van der Waals surface area contributed by atoms with Gasteiger partial charge in [-0.2, -0.15) is 13.2 Å². The Labute approximate surface area is 160 Å².